The second kappa shape index (κ2) is 13.7. The lowest BCUT2D eigenvalue weighted by atomic mass is 10.0. The molecule has 3 atom stereocenters. The van der Waals surface area contributed by atoms with Crippen molar-refractivity contribution < 1.29 is 19.2 Å². The maximum atomic E-state index is 13.4. The molecule has 40 heavy (non-hydrogen) atoms. The Morgan fingerprint density at radius 1 is 1.05 bits per heavy atom. The molecule has 0 unspecified atom stereocenters. The first kappa shape index (κ1) is 28.8. The van der Waals surface area contributed by atoms with Crippen LogP contribution in [0.4, 0.5) is 0 Å². The lowest BCUT2D eigenvalue weighted by Crippen LogP contribution is -2.49. The number of nitrogens with zero attached hydrogens (tertiary/aromatic N) is 3. The third-order valence-electron chi connectivity index (χ3n) is 6.58. The summed E-state index contributed by atoms with van der Waals surface area (Å²) >= 11 is 1.26. The van der Waals surface area contributed by atoms with E-state index in [4.69, 9.17) is 0 Å². The zero-order valence-electron chi connectivity index (χ0n) is 22.4. The third-order valence-corrected chi connectivity index (χ3v) is 7.50. The summed E-state index contributed by atoms with van der Waals surface area (Å²) in [5, 5.41) is 21.2. The molecule has 12 heteroatoms. The number of aromatic nitrogens is 3. The topological polar surface area (TPSA) is 155 Å². The Bertz CT molecular complexity index is 1320. The fraction of sp³-hybridized carbons (Fsp3) is 0.393. The molecule has 0 spiro atoms. The molecular weight excluding hydrogens is 530 g/mol. The van der Waals surface area contributed by atoms with Crippen LogP contribution in [0.2, 0.25) is 0 Å². The molecule has 0 saturated carbocycles. The van der Waals surface area contributed by atoms with Crippen LogP contribution >= 0.6 is 11.3 Å². The molecule has 0 fully saturated rings. The van der Waals surface area contributed by atoms with Crippen LogP contribution < -0.4 is 21.3 Å². The van der Waals surface area contributed by atoms with Gasteiger partial charge in [0, 0.05) is 18.3 Å². The summed E-state index contributed by atoms with van der Waals surface area (Å²) in [6, 6.07) is 8.93. The summed E-state index contributed by atoms with van der Waals surface area (Å²) in [5.74, 6) is -1.59. The van der Waals surface area contributed by atoms with Gasteiger partial charge in [0.25, 0.3) is 11.8 Å². The van der Waals surface area contributed by atoms with Crippen molar-refractivity contribution in [1.82, 2.24) is 36.4 Å². The minimum Gasteiger partial charge on any atom is -0.354 e. The number of thiazole rings is 1. The van der Waals surface area contributed by atoms with Gasteiger partial charge in [-0.15, -0.1) is 11.3 Å². The molecule has 2 aromatic heterocycles. The Balaban J connectivity index is 1.58. The van der Waals surface area contributed by atoms with E-state index in [1.165, 1.54) is 29.8 Å². The van der Waals surface area contributed by atoms with Crippen LogP contribution in [-0.2, 0) is 16.0 Å². The maximum absolute atomic E-state index is 13.4. The quantitative estimate of drug-likeness (QED) is 0.371. The highest BCUT2D eigenvalue weighted by atomic mass is 32.1. The molecule has 0 radical (unpaired) electrons. The number of nitrogens with one attached hydrogen (secondary N) is 4. The summed E-state index contributed by atoms with van der Waals surface area (Å²) in [6.07, 6.45) is 4.59. The molecule has 0 saturated heterocycles. The van der Waals surface area contributed by atoms with Crippen LogP contribution in [0.15, 0.2) is 54.2 Å². The first-order valence-electron chi connectivity index (χ1n) is 13.3. The highest BCUT2D eigenvalue weighted by Crippen LogP contribution is 2.26. The third kappa shape index (κ3) is 7.69. The first-order chi connectivity index (χ1) is 19.3. The molecule has 210 valence electrons. The Morgan fingerprint density at radius 3 is 2.58 bits per heavy atom. The number of rotatable bonds is 5. The van der Waals surface area contributed by atoms with Crippen molar-refractivity contribution in [3.63, 3.8) is 0 Å². The van der Waals surface area contributed by atoms with E-state index in [9.17, 15) is 19.2 Å². The van der Waals surface area contributed by atoms with Crippen molar-refractivity contribution in [1.29, 1.82) is 0 Å². The van der Waals surface area contributed by atoms with Crippen molar-refractivity contribution in [3.05, 3.63) is 76.0 Å². The van der Waals surface area contributed by atoms with E-state index in [0.717, 1.165) is 5.56 Å². The normalized spacial score (nSPS) is 20.8. The SMILES string of the molecule is CC(C)[C@H]1NC(=O)[C@@H](NC(=O)c2ccnnc2)CCCCNC(=O)[C@@H](Cc2ccccc2)NC(=O)c2csc1n2. The monoisotopic (exact) mass is 563 g/mol. The van der Waals surface area contributed by atoms with Gasteiger partial charge in [0.05, 0.1) is 24.0 Å². The summed E-state index contributed by atoms with van der Waals surface area (Å²) in [5.41, 5.74) is 1.39. The van der Waals surface area contributed by atoms with E-state index in [1.807, 2.05) is 44.2 Å². The summed E-state index contributed by atoms with van der Waals surface area (Å²) < 4.78 is 0. The second-order valence-electron chi connectivity index (χ2n) is 9.96. The van der Waals surface area contributed by atoms with Gasteiger partial charge in [-0.3, -0.25) is 19.2 Å². The molecule has 1 aliphatic rings. The van der Waals surface area contributed by atoms with Gasteiger partial charge in [-0.1, -0.05) is 44.2 Å². The van der Waals surface area contributed by atoms with Crippen LogP contribution in [0, 0.1) is 5.92 Å². The van der Waals surface area contributed by atoms with E-state index in [2.05, 4.69) is 36.4 Å². The van der Waals surface area contributed by atoms with Crippen molar-refractivity contribution in [2.24, 2.45) is 5.92 Å². The molecule has 4 N–H and O–H groups in total. The van der Waals surface area contributed by atoms with Gasteiger partial charge < -0.3 is 21.3 Å². The molecule has 2 bridgehead atoms. The second-order valence-corrected chi connectivity index (χ2v) is 10.9. The van der Waals surface area contributed by atoms with Crippen LogP contribution in [0.1, 0.15) is 70.6 Å². The van der Waals surface area contributed by atoms with E-state index >= 15 is 0 Å². The average molecular weight is 564 g/mol. The number of hydrogen-bond acceptors (Lipinski definition) is 8. The minimum atomic E-state index is -0.820. The van der Waals surface area contributed by atoms with Crippen LogP contribution in [-0.4, -0.2) is 57.4 Å². The largest absolute Gasteiger partial charge is 0.354 e. The average Bonchev–Trinajstić information content (AvgIpc) is 3.45. The molecule has 4 amide bonds. The summed E-state index contributed by atoms with van der Waals surface area (Å²) in [7, 11) is 0. The van der Waals surface area contributed by atoms with Crippen LogP contribution in [0.3, 0.4) is 0 Å². The van der Waals surface area contributed by atoms with Crippen LogP contribution in [0.5, 0.6) is 0 Å². The van der Waals surface area contributed by atoms with Crippen LogP contribution in [0.25, 0.3) is 0 Å². The fourth-order valence-corrected chi connectivity index (χ4v) is 5.36. The lowest BCUT2D eigenvalue weighted by molar-refractivity contribution is -0.124. The van der Waals surface area contributed by atoms with E-state index in [-0.39, 0.29) is 23.4 Å². The Labute approximate surface area is 236 Å². The number of fused-ring (bicyclic) bond motifs is 2. The fourth-order valence-electron chi connectivity index (χ4n) is 4.34. The van der Waals surface area contributed by atoms with Gasteiger partial charge in [-0.2, -0.15) is 10.2 Å². The zero-order chi connectivity index (χ0) is 28.5. The number of benzene rings is 1. The van der Waals surface area contributed by atoms with E-state index in [1.54, 1.807) is 5.38 Å². The highest BCUT2D eigenvalue weighted by molar-refractivity contribution is 7.09. The van der Waals surface area contributed by atoms with Gasteiger partial charge in [0.1, 0.15) is 22.8 Å². The molecular formula is C28H33N7O4S. The standard InChI is InChI=1S/C28H33N7O4S/c1-17(2)23-28-34-22(16-40-28)27(39)33-21(14-18-8-4-3-5-9-18)25(37)29-12-7-6-10-20(26(38)35-23)32-24(36)19-11-13-30-31-15-19/h3-5,8-9,11,13,15-17,20-21,23H,6-7,10,12,14H2,1-2H3,(H,29,37)(H,32,36)(H,33,39)(H,35,38)/t20-,21+,23+/m0/s1. The predicted molar refractivity (Wildman–Crippen MR) is 149 cm³/mol. The van der Waals surface area contributed by atoms with Gasteiger partial charge in [0.2, 0.25) is 11.8 Å². The number of amides is 4. The number of carbonyl (C=O) groups excluding carboxylic acids is 4. The van der Waals surface area contributed by atoms with Crippen molar-refractivity contribution in [2.45, 2.75) is 57.7 Å². The van der Waals surface area contributed by atoms with E-state index in [0.29, 0.717) is 42.8 Å². The molecule has 0 aliphatic carbocycles. The Kier molecular flexibility index (Phi) is 9.90. The molecule has 1 aromatic carbocycles. The van der Waals surface area contributed by atoms with E-state index < -0.39 is 29.9 Å². The number of hydrogen-bond donors (Lipinski definition) is 4. The summed E-state index contributed by atoms with van der Waals surface area (Å²) in [6.45, 7) is 4.24. The van der Waals surface area contributed by atoms with Crippen molar-refractivity contribution >= 4 is 35.0 Å². The molecule has 11 nitrogen and oxygen atoms in total. The molecule has 4 rings (SSSR count). The molecule has 3 heterocycles. The van der Waals surface area contributed by atoms with Crippen molar-refractivity contribution in [2.75, 3.05) is 6.54 Å². The van der Waals surface area contributed by atoms with Gasteiger partial charge in [-0.25, -0.2) is 4.98 Å². The minimum absolute atomic E-state index is 0.0396. The Hall–Kier alpha value is -4.19. The number of carbonyl (C=O) groups is 4. The summed E-state index contributed by atoms with van der Waals surface area (Å²) in [4.78, 5) is 57.0. The first-order valence-corrected chi connectivity index (χ1v) is 14.2. The molecule has 3 aromatic rings. The maximum Gasteiger partial charge on any atom is 0.271 e. The Morgan fingerprint density at radius 2 is 1.85 bits per heavy atom. The predicted octanol–water partition coefficient (Wildman–Crippen LogP) is 2.19. The lowest BCUT2D eigenvalue weighted by Gasteiger charge is -2.25. The van der Waals surface area contributed by atoms with Crippen molar-refractivity contribution in [3.8, 4) is 0 Å². The zero-order valence-corrected chi connectivity index (χ0v) is 23.2. The van der Waals surface area contributed by atoms with Gasteiger partial charge in [0.15, 0.2) is 0 Å². The van der Waals surface area contributed by atoms with Gasteiger partial charge in [-0.05, 0) is 36.8 Å². The van der Waals surface area contributed by atoms with Gasteiger partial charge >= 0.3 is 0 Å². The highest BCUT2D eigenvalue weighted by Gasteiger charge is 2.29. The molecule has 1 aliphatic heterocycles. The smallest absolute Gasteiger partial charge is 0.271 e.